The average Bonchev–Trinajstić information content (AvgIpc) is 3.32. The predicted molar refractivity (Wildman–Crippen MR) is 116 cm³/mol. The van der Waals surface area contributed by atoms with E-state index in [1.165, 1.54) is 5.56 Å². The highest BCUT2D eigenvalue weighted by Gasteiger charge is 2.34. The Kier molecular flexibility index (Phi) is 6.66. The molecule has 2 aromatic carbocycles. The number of carbonyl (C=O) groups excluding carboxylic acids is 1. The number of rotatable bonds is 5. The number of likely N-dealkylation sites (tertiary alicyclic amines) is 1. The minimum absolute atomic E-state index is 0. The molecular formula is C22H27ClN2O3S. The number of halogens is 1. The Morgan fingerprint density at radius 3 is 2.52 bits per heavy atom. The van der Waals surface area contributed by atoms with Crippen LogP contribution in [0.4, 0.5) is 0 Å². The van der Waals surface area contributed by atoms with Gasteiger partial charge in [-0.15, -0.1) is 12.4 Å². The van der Waals surface area contributed by atoms with Gasteiger partial charge in [-0.05, 0) is 48.1 Å². The van der Waals surface area contributed by atoms with Gasteiger partial charge in [0.25, 0.3) is 0 Å². The molecule has 0 bridgehead atoms. The molecule has 0 saturated carbocycles. The van der Waals surface area contributed by atoms with E-state index < -0.39 is 9.84 Å². The van der Waals surface area contributed by atoms with E-state index in [9.17, 15) is 13.2 Å². The number of aryl methyl sites for hydroxylation is 2. The van der Waals surface area contributed by atoms with Crippen LogP contribution in [0, 0.1) is 0 Å². The molecule has 4 rings (SSSR count). The molecule has 1 aliphatic heterocycles. The first kappa shape index (κ1) is 21.8. The van der Waals surface area contributed by atoms with Crippen molar-refractivity contribution in [3.8, 4) is 0 Å². The van der Waals surface area contributed by atoms with E-state index in [0.717, 1.165) is 30.4 Å². The van der Waals surface area contributed by atoms with Crippen LogP contribution in [0.1, 0.15) is 35.4 Å². The molecule has 2 aromatic rings. The molecule has 0 unspecified atom stereocenters. The Morgan fingerprint density at radius 1 is 1.03 bits per heavy atom. The molecule has 1 aliphatic carbocycles. The van der Waals surface area contributed by atoms with Crippen LogP contribution in [0.5, 0.6) is 0 Å². The van der Waals surface area contributed by atoms with Crippen LogP contribution < -0.4 is 5.73 Å². The van der Waals surface area contributed by atoms with Gasteiger partial charge in [-0.3, -0.25) is 4.79 Å². The van der Waals surface area contributed by atoms with Crippen molar-refractivity contribution < 1.29 is 13.2 Å². The molecule has 5 nitrogen and oxygen atoms in total. The molecular weight excluding hydrogens is 408 g/mol. The lowest BCUT2D eigenvalue weighted by molar-refractivity contribution is -0.129. The van der Waals surface area contributed by atoms with Crippen molar-refractivity contribution in [2.75, 3.05) is 18.8 Å². The van der Waals surface area contributed by atoms with Gasteiger partial charge in [0.15, 0.2) is 9.84 Å². The maximum Gasteiger partial charge on any atom is 0.223 e. The molecule has 1 saturated heterocycles. The van der Waals surface area contributed by atoms with Gasteiger partial charge in [-0.2, -0.15) is 0 Å². The van der Waals surface area contributed by atoms with E-state index in [2.05, 4.69) is 0 Å². The van der Waals surface area contributed by atoms with Gasteiger partial charge in [-0.1, -0.05) is 36.4 Å². The van der Waals surface area contributed by atoms with Crippen molar-refractivity contribution >= 4 is 28.2 Å². The summed E-state index contributed by atoms with van der Waals surface area (Å²) in [5.41, 5.74) is 9.75. The zero-order valence-corrected chi connectivity index (χ0v) is 17.9. The number of carbonyl (C=O) groups is 1. The molecule has 2 atom stereocenters. The minimum Gasteiger partial charge on any atom is -0.340 e. The van der Waals surface area contributed by atoms with E-state index in [1.807, 2.05) is 36.4 Å². The van der Waals surface area contributed by atoms with E-state index in [-0.39, 0.29) is 42.4 Å². The van der Waals surface area contributed by atoms with E-state index in [4.69, 9.17) is 5.73 Å². The van der Waals surface area contributed by atoms with Crippen LogP contribution in [-0.4, -0.2) is 44.1 Å². The van der Waals surface area contributed by atoms with Crippen molar-refractivity contribution in [2.45, 2.75) is 42.5 Å². The second-order valence-electron chi connectivity index (χ2n) is 7.83. The number of nitrogens with two attached hydrogens (primary N) is 1. The summed E-state index contributed by atoms with van der Waals surface area (Å²) >= 11 is 0. The van der Waals surface area contributed by atoms with Crippen molar-refractivity contribution in [3.63, 3.8) is 0 Å². The van der Waals surface area contributed by atoms with Gasteiger partial charge in [0.05, 0.1) is 10.6 Å². The first-order valence-electron chi connectivity index (χ1n) is 9.87. The number of hydrogen-bond donors (Lipinski definition) is 1. The fraction of sp³-hybridized carbons (Fsp3) is 0.409. The highest BCUT2D eigenvalue weighted by Crippen LogP contribution is 2.28. The van der Waals surface area contributed by atoms with Crippen molar-refractivity contribution in [2.24, 2.45) is 5.73 Å². The third kappa shape index (κ3) is 4.65. The van der Waals surface area contributed by atoms with Gasteiger partial charge < -0.3 is 10.6 Å². The Balaban J connectivity index is 0.00000240. The van der Waals surface area contributed by atoms with E-state index in [1.54, 1.807) is 17.0 Å². The molecule has 156 valence electrons. The van der Waals surface area contributed by atoms with Crippen LogP contribution in [0.2, 0.25) is 0 Å². The Labute approximate surface area is 178 Å². The smallest absolute Gasteiger partial charge is 0.223 e. The molecule has 2 aliphatic rings. The summed E-state index contributed by atoms with van der Waals surface area (Å²) in [6, 6.07) is 15.2. The predicted octanol–water partition coefficient (Wildman–Crippen LogP) is 2.71. The fourth-order valence-corrected chi connectivity index (χ4v) is 5.60. The van der Waals surface area contributed by atoms with Gasteiger partial charge in [0.1, 0.15) is 0 Å². The second kappa shape index (κ2) is 8.86. The molecule has 0 spiro atoms. The number of hydrogen-bond acceptors (Lipinski definition) is 4. The standard InChI is InChI=1S/C22H26N2O3S.ClH/c23-21-15-24(14-20(21)17-5-2-1-3-6-17)22(25)11-12-28(26,27)19-10-9-16-7-4-8-18(16)13-19;/h1-3,5-6,9-10,13,20-21H,4,7-8,11-12,14-15,23H2;1H/t20-,21+;/m0./s1. The van der Waals surface area contributed by atoms with Crippen molar-refractivity contribution in [1.29, 1.82) is 0 Å². The normalized spacial score (nSPS) is 20.9. The van der Waals surface area contributed by atoms with Crippen LogP contribution in [0.25, 0.3) is 0 Å². The van der Waals surface area contributed by atoms with Gasteiger partial charge >= 0.3 is 0 Å². The first-order valence-corrected chi connectivity index (χ1v) is 11.5. The summed E-state index contributed by atoms with van der Waals surface area (Å²) in [6.45, 7) is 1.01. The zero-order valence-electron chi connectivity index (χ0n) is 16.3. The van der Waals surface area contributed by atoms with Crippen molar-refractivity contribution in [1.82, 2.24) is 4.90 Å². The Morgan fingerprint density at radius 2 is 1.76 bits per heavy atom. The molecule has 7 heteroatoms. The van der Waals surface area contributed by atoms with Crippen LogP contribution in [0.15, 0.2) is 53.4 Å². The highest BCUT2D eigenvalue weighted by molar-refractivity contribution is 7.91. The molecule has 0 aromatic heterocycles. The quantitative estimate of drug-likeness (QED) is 0.784. The third-order valence-corrected chi connectivity index (χ3v) is 7.67. The number of fused-ring (bicyclic) bond motifs is 1. The summed E-state index contributed by atoms with van der Waals surface area (Å²) in [4.78, 5) is 14.7. The SMILES string of the molecule is Cl.N[C@@H]1CN(C(=O)CCS(=O)(=O)c2ccc3c(c2)CCC3)C[C@H]1c1ccccc1. The molecule has 1 amide bonds. The molecule has 2 N–H and O–H groups in total. The van der Waals surface area contributed by atoms with E-state index in [0.29, 0.717) is 18.0 Å². The van der Waals surface area contributed by atoms with Gasteiger partial charge in [-0.25, -0.2) is 8.42 Å². The highest BCUT2D eigenvalue weighted by atomic mass is 35.5. The molecule has 29 heavy (non-hydrogen) atoms. The largest absolute Gasteiger partial charge is 0.340 e. The van der Waals surface area contributed by atoms with Crippen LogP contribution in [0.3, 0.4) is 0 Å². The first-order chi connectivity index (χ1) is 13.4. The fourth-order valence-electron chi connectivity index (χ4n) is 4.32. The van der Waals surface area contributed by atoms with Gasteiger partial charge in [0.2, 0.25) is 5.91 Å². The third-order valence-electron chi connectivity index (χ3n) is 5.96. The van der Waals surface area contributed by atoms with Gasteiger partial charge in [0, 0.05) is 31.5 Å². The lowest BCUT2D eigenvalue weighted by atomic mass is 9.95. The molecule has 1 heterocycles. The second-order valence-corrected chi connectivity index (χ2v) is 9.94. The zero-order chi connectivity index (χ0) is 19.7. The Hall–Kier alpha value is -1.89. The minimum atomic E-state index is -3.46. The number of sulfone groups is 1. The number of benzene rings is 2. The maximum absolute atomic E-state index is 12.7. The molecule has 0 radical (unpaired) electrons. The summed E-state index contributed by atoms with van der Waals surface area (Å²) < 4.78 is 25.4. The lowest BCUT2D eigenvalue weighted by Gasteiger charge is -2.16. The summed E-state index contributed by atoms with van der Waals surface area (Å²) in [6.07, 6.45) is 3.03. The summed E-state index contributed by atoms with van der Waals surface area (Å²) in [5, 5.41) is 0. The Bertz CT molecular complexity index is 979. The molecule has 1 fully saturated rings. The number of amides is 1. The van der Waals surface area contributed by atoms with Crippen LogP contribution >= 0.6 is 12.4 Å². The summed E-state index contributed by atoms with van der Waals surface area (Å²) in [7, 11) is -3.46. The van der Waals surface area contributed by atoms with Crippen LogP contribution in [-0.2, 0) is 27.5 Å². The monoisotopic (exact) mass is 434 g/mol. The summed E-state index contributed by atoms with van der Waals surface area (Å²) in [5.74, 6) is -0.205. The average molecular weight is 435 g/mol. The topological polar surface area (TPSA) is 80.5 Å². The van der Waals surface area contributed by atoms with Crippen molar-refractivity contribution in [3.05, 3.63) is 65.2 Å². The lowest BCUT2D eigenvalue weighted by Crippen LogP contribution is -2.33. The maximum atomic E-state index is 12.7. The number of nitrogens with zero attached hydrogens (tertiary/aromatic N) is 1. The van der Waals surface area contributed by atoms with E-state index >= 15 is 0 Å².